The zero-order chi connectivity index (χ0) is 18.0. The molecule has 3 amide bonds. The number of amides is 3. The number of nitrogens with one attached hydrogen (secondary N) is 2. The van der Waals surface area contributed by atoms with Gasteiger partial charge in [0, 0.05) is 11.3 Å². The molecular formula is C18H17N3O4. The van der Waals surface area contributed by atoms with Crippen LogP contribution >= 0.6 is 0 Å². The van der Waals surface area contributed by atoms with Crippen molar-refractivity contribution in [2.45, 2.75) is 13.0 Å². The molecule has 3 rings (SSSR count). The quantitative estimate of drug-likeness (QED) is 0.796. The average Bonchev–Trinajstić information content (AvgIpc) is 2.82. The standard InChI is InChI=1S/C18H17N3O4/c1-11-6-8-12(9-7-11)19-18(25)20-16-13-4-2-3-5-14(13)21(17(16)24)10-15(22)23/h2-9,16H,10H2,1H3,(H,22,23)(H2,19,20,25). The second-order valence-corrected chi connectivity index (χ2v) is 5.77. The molecule has 2 aromatic carbocycles. The molecule has 0 aliphatic carbocycles. The zero-order valence-corrected chi connectivity index (χ0v) is 13.5. The van der Waals surface area contributed by atoms with Crippen molar-refractivity contribution in [3.8, 4) is 0 Å². The van der Waals surface area contributed by atoms with Crippen LogP contribution in [0, 0.1) is 6.92 Å². The first kappa shape index (κ1) is 16.5. The van der Waals surface area contributed by atoms with Crippen molar-refractivity contribution in [2.75, 3.05) is 16.8 Å². The third-order valence-electron chi connectivity index (χ3n) is 3.93. The molecule has 2 aromatic rings. The van der Waals surface area contributed by atoms with Crippen molar-refractivity contribution in [3.63, 3.8) is 0 Å². The van der Waals surface area contributed by atoms with Gasteiger partial charge in [0.2, 0.25) is 0 Å². The van der Waals surface area contributed by atoms with Gasteiger partial charge >= 0.3 is 12.0 Å². The van der Waals surface area contributed by atoms with E-state index in [1.807, 2.05) is 19.1 Å². The van der Waals surface area contributed by atoms with Crippen molar-refractivity contribution in [1.82, 2.24) is 5.32 Å². The highest BCUT2D eigenvalue weighted by molar-refractivity contribution is 6.09. The van der Waals surface area contributed by atoms with Gasteiger partial charge in [-0.2, -0.15) is 0 Å². The minimum Gasteiger partial charge on any atom is -0.480 e. The van der Waals surface area contributed by atoms with Gasteiger partial charge < -0.3 is 15.7 Å². The Labute approximate surface area is 144 Å². The third-order valence-corrected chi connectivity index (χ3v) is 3.93. The zero-order valence-electron chi connectivity index (χ0n) is 13.5. The number of hydrogen-bond donors (Lipinski definition) is 3. The molecule has 25 heavy (non-hydrogen) atoms. The monoisotopic (exact) mass is 339 g/mol. The van der Waals surface area contributed by atoms with Crippen LogP contribution in [-0.4, -0.2) is 29.6 Å². The van der Waals surface area contributed by atoms with Crippen LogP contribution in [0.4, 0.5) is 16.2 Å². The lowest BCUT2D eigenvalue weighted by Gasteiger charge is -2.16. The van der Waals surface area contributed by atoms with E-state index in [4.69, 9.17) is 5.11 Å². The molecule has 0 radical (unpaired) electrons. The van der Waals surface area contributed by atoms with Crippen LogP contribution in [-0.2, 0) is 9.59 Å². The van der Waals surface area contributed by atoms with Crippen LogP contribution in [0.3, 0.4) is 0 Å². The topological polar surface area (TPSA) is 98.7 Å². The number of anilines is 2. The number of carbonyl (C=O) groups is 3. The number of para-hydroxylation sites is 1. The summed E-state index contributed by atoms with van der Waals surface area (Å²) in [5, 5.41) is 14.3. The number of aryl methyl sites for hydroxylation is 1. The van der Waals surface area contributed by atoms with Crippen LogP contribution in [0.25, 0.3) is 0 Å². The van der Waals surface area contributed by atoms with E-state index < -0.39 is 30.5 Å². The number of rotatable bonds is 4. The number of hydrogen-bond acceptors (Lipinski definition) is 3. The fourth-order valence-corrected chi connectivity index (χ4v) is 2.76. The van der Waals surface area contributed by atoms with Crippen molar-refractivity contribution in [3.05, 3.63) is 59.7 Å². The van der Waals surface area contributed by atoms with Crippen LogP contribution in [0.5, 0.6) is 0 Å². The summed E-state index contributed by atoms with van der Waals surface area (Å²) in [6.45, 7) is 1.49. The van der Waals surface area contributed by atoms with Crippen molar-refractivity contribution in [2.24, 2.45) is 0 Å². The third kappa shape index (κ3) is 3.45. The average molecular weight is 339 g/mol. The first-order valence-corrected chi connectivity index (χ1v) is 7.72. The van der Waals surface area contributed by atoms with Gasteiger partial charge in [-0.15, -0.1) is 0 Å². The molecule has 7 heteroatoms. The molecule has 1 atom stereocenters. The summed E-state index contributed by atoms with van der Waals surface area (Å²) >= 11 is 0. The van der Waals surface area contributed by atoms with Gasteiger partial charge in [0.25, 0.3) is 5.91 Å². The number of benzene rings is 2. The predicted molar refractivity (Wildman–Crippen MR) is 92.5 cm³/mol. The summed E-state index contributed by atoms with van der Waals surface area (Å²) < 4.78 is 0. The summed E-state index contributed by atoms with van der Waals surface area (Å²) in [5.41, 5.74) is 2.74. The van der Waals surface area contributed by atoms with E-state index >= 15 is 0 Å². The van der Waals surface area contributed by atoms with Crippen LogP contribution < -0.4 is 15.5 Å². The normalized spacial score (nSPS) is 15.6. The van der Waals surface area contributed by atoms with Crippen molar-refractivity contribution in [1.29, 1.82) is 0 Å². The van der Waals surface area contributed by atoms with Gasteiger partial charge in [0.15, 0.2) is 0 Å². The summed E-state index contributed by atoms with van der Waals surface area (Å²) in [6.07, 6.45) is 0. The molecule has 0 aromatic heterocycles. The Kier molecular flexibility index (Phi) is 4.38. The number of urea groups is 1. The van der Waals surface area contributed by atoms with E-state index in [0.717, 1.165) is 10.5 Å². The second kappa shape index (κ2) is 6.64. The van der Waals surface area contributed by atoms with E-state index in [0.29, 0.717) is 16.9 Å². The van der Waals surface area contributed by atoms with Crippen LogP contribution in [0.2, 0.25) is 0 Å². The number of aliphatic carboxylic acids is 1. The summed E-state index contributed by atoms with van der Waals surface area (Å²) in [6, 6.07) is 12.6. The Hall–Kier alpha value is -3.35. The summed E-state index contributed by atoms with van der Waals surface area (Å²) in [4.78, 5) is 37.0. The molecule has 0 saturated heterocycles. The highest BCUT2D eigenvalue weighted by atomic mass is 16.4. The molecule has 3 N–H and O–H groups in total. The van der Waals surface area contributed by atoms with E-state index in [1.165, 1.54) is 0 Å². The predicted octanol–water partition coefficient (Wildman–Crippen LogP) is 2.29. The highest BCUT2D eigenvalue weighted by Crippen LogP contribution is 2.35. The maximum atomic E-state index is 12.6. The van der Waals surface area contributed by atoms with Gasteiger partial charge in [-0.1, -0.05) is 35.9 Å². The number of fused-ring (bicyclic) bond motifs is 1. The van der Waals surface area contributed by atoms with Gasteiger partial charge in [-0.05, 0) is 25.1 Å². The largest absolute Gasteiger partial charge is 0.480 e. The lowest BCUT2D eigenvalue weighted by Crippen LogP contribution is -2.41. The Bertz CT molecular complexity index is 832. The van der Waals surface area contributed by atoms with Gasteiger partial charge in [-0.25, -0.2) is 4.79 Å². The van der Waals surface area contributed by atoms with E-state index in [9.17, 15) is 14.4 Å². The lowest BCUT2D eigenvalue weighted by molar-refractivity contribution is -0.136. The smallest absolute Gasteiger partial charge is 0.323 e. The fraction of sp³-hybridized carbons (Fsp3) is 0.167. The Morgan fingerprint density at radius 1 is 1.12 bits per heavy atom. The summed E-state index contributed by atoms with van der Waals surface area (Å²) in [5.74, 6) is -1.59. The molecule has 1 aliphatic rings. The van der Waals surface area contributed by atoms with Gasteiger partial charge in [-0.3, -0.25) is 14.5 Å². The first-order valence-electron chi connectivity index (χ1n) is 7.72. The molecule has 7 nitrogen and oxygen atoms in total. The first-order chi connectivity index (χ1) is 12.0. The van der Waals surface area contributed by atoms with Gasteiger partial charge in [0.05, 0.1) is 5.69 Å². The minimum atomic E-state index is -1.12. The molecule has 1 unspecified atom stereocenters. The maximum absolute atomic E-state index is 12.6. The van der Waals surface area contributed by atoms with E-state index in [2.05, 4.69) is 10.6 Å². The maximum Gasteiger partial charge on any atom is 0.323 e. The summed E-state index contributed by atoms with van der Waals surface area (Å²) in [7, 11) is 0. The van der Waals surface area contributed by atoms with Gasteiger partial charge in [0.1, 0.15) is 12.6 Å². The second-order valence-electron chi connectivity index (χ2n) is 5.77. The fourth-order valence-electron chi connectivity index (χ4n) is 2.76. The Balaban J connectivity index is 1.77. The molecule has 128 valence electrons. The Morgan fingerprint density at radius 3 is 2.48 bits per heavy atom. The van der Waals surface area contributed by atoms with Crippen LogP contribution in [0.1, 0.15) is 17.2 Å². The molecular weight excluding hydrogens is 322 g/mol. The minimum absolute atomic E-state index is 0.451. The molecule has 0 saturated carbocycles. The SMILES string of the molecule is Cc1ccc(NC(=O)NC2C(=O)N(CC(=O)O)c3ccccc32)cc1. The molecule has 0 spiro atoms. The lowest BCUT2D eigenvalue weighted by atomic mass is 10.1. The molecule has 1 heterocycles. The van der Waals surface area contributed by atoms with Crippen LogP contribution in [0.15, 0.2) is 48.5 Å². The number of carbonyl (C=O) groups excluding carboxylic acids is 2. The number of carboxylic acids is 1. The number of nitrogens with zero attached hydrogens (tertiary/aromatic N) is 1. The molecule has 0 bridgehead atoms. The van der Waals surface area contributed by atoms with Crippen molar-refractivity contribution >= 4 is 29.3 Å². The van der Waals surface area contributed by atoms with Crippen molar-refractivity contribution < 1.29 is 19.5 Å². The highest BCUT2D eigenvalue weighted by Gasteiger charge is 2.38. The number of carboxylic acid groups (broad SMARTS) is 1. The molecule has 1 aliphatic heterocycles. The molecule has 0 fully saturated rings. The Morgan fingerprint density at radius 2 is 1.80 bits per heavy atom. The van der Waals surface area contributed by atoms with E-state index in [-0.39, 0.29) is 0 Å². The van der Waals surface area contributed by atoms with E-state index in [1.54, 1.807) is 36.4 Å².